The first kappa shape index (κ1) is 15.2. The third kappa shape index (κ3) is 3.08. The first-order valence-electron chi connectivity index (χ1n) is 8.25. The third-order valence-electron chi connectivity index (χ3n) is 4.84. The largest absolute Gasteiger partial charge is 0.342 e. The van der Waals surface area contributed by atoms with Crippen LogP contribution in [0.5, 0.6) is 0 Å². The highest BCUT2D eigenvalue weighted by molar-refractivity contribution is 8.00. The van der Waals surface area contributed by atoms with Gasteiger partial charge in [0.15, 0.2) is 0 Å². The number of hydrogen-bond donors (Lipinski definition) is 0. The first-order valence-corrected chi connectivity index (χ1v) is 9.23. The Balaban J connectivity index is 1.62. The number of carbonyl (C=O) groups excluding carboxylic acids is 2. The Hall–Kier alpha value is -0.710. The topological polar surface area (TPSA) is 40.6 Å². The van der Waals surface area contributed by atoms with Gasteiger partial charge < -0.3 is 9.80 Å². The highest BCUT2D eigenvalue weighted by Gasteiger charge is 2.47. The monoisotopic (exact) mass is 310 g/mol. The maximum absolute atomic E-state index is 12.5. The van der Waals surface area contributed by atoms with Crippen LogP contribution >= 0.6 is 11.8 Å². The number of piperidine rings is 1. The number of likely N-dealkylation sites (tertiary alicyclic amines) is 1. The Morgan fingerprint density at radius 1 is 1.19 bits per heavy atom. The summed E-state index contributed by atoms with van der Waals surface area (Å²) in [6, 6.07) is 0. The van der Waals surface area contributed by atoms with Gasteiger partial charge in [-0.1, -0.05) is 13.8 Å². The molecule has 2 heterocycles. The number of thioether (sulfide) groups is 1. The third-order valence-corrected chi connectivity index (χ3v) is 6.40. The molecular formula is C16H26N2O2S. The zero-order valence-corrected chi connectivity index (χ0v) is 14.0. The van der Waals surface area contributed by atoms with Crippen molar-refractivity contribution in [3.63, 3.8) is 0 Å². The maximum atomic E-state index is 12.5. The fourth-order valence-electron chi connectivity index (χ4n) is 3.50. The van der Waals surface area contributed by atoms with Gasteiger partial charge in [-0.3, -0.25) is 9.59 Å². The second-order valence-corrected chi connectivity index (χ2v) is 8.49. The van der Waals surface area contributed by atoms with Crippen LogP contribution in [-0.2, 0) is 9.59 Å². The molecule has 2 amide bonds. The van der Waals surface area contributed by atoms with Gasteiger partial charge in [0.25, 0.3) is 0 Å². The second kappa shape index (κ2) is 5.82. The average Bonchev–Trinajstić information content (AvgIpc) is 3.21. The summed E-state index contributed by atoms with van der Waals surface area (Å²) in [6.07, 6.45) is 4.69. The Bertz CT molecular complexity index is 426. The highest BCUT2D eigenvalue weighted by Crippen LogP contribution is 2.45. The van der Waals surface area contributed by atoms with E-state index in [-0.39, 0.29) is 4.87 Å². The van der Waals surface area contributed by atoms with Crippen molar-refractivity contribution < 1.29 is 9.59 Å². The summed E-state index contributed by atoms with van der Waals surface area (Å²) in [5.74, 6) is 2.43. The molecule has 2 saturated heterocycles. The van der Waals surface area contributed by atoms with Crippen LogP contribution in [0, 0.1) is 11.8 Å². The Morgan fingerprint density at radius 2 is 1.86 bits per heavy atom. The lowest BCUT2D eigenvalue weighted by atomic mass is 10.00. The molecule has 4 nitrogen and oxygen atoms in total. The Labute approximate surface area is 131 Å². The van der Waals surface area contributed by atoms with Crippen LogP contribution in [0.15, 0.2) is 0 Å². The Kier molecular flexibility index (Phi) is 4.21. The zero-order chi connectivity index (χ0) is 15.0. The van der Waals surface area contributed by atoms with Crippen LogP contribution in [0.3, 0.4) is 0 Å². The molecule has 1 spiro atoms. The van der Waals surface area contributed by atoms with Crippen molar-refractivity contribution in [2.75, 3.05) is 25.4 Å². The summed E-state index contributed by atoms with van der Waals surface area (Å²) in [4.78, 5) is 28.8. The van der Waals surface area contributed by atoms with E-state index in [1.165, 1.54) is 0 Å². The highest BCUT2D eigenvalue weighted by atomic mass is 32.2. The summed E-state index contributed by atoms with van der Waals surface area (Å²) >= 11 is 1.93. The van der Waals surface area contributed by atoms with Gasteiger partial charge in [0, 0.05) is 37.7 Å². The summed E-state index contributed by atoms with van der Waals surface area (Å²) in [5, 5.41) is 0. The molecular weight excluding hydrogens is 284 g/mol. The molecule has 0 aromatic heterocycles. The fraction of sp³-hybridized carbons (Fsp3) is 0.875. The maximum Gasteiger partial charge on any atom is 0.225 e. The van der Waals surface area contributed by atoms with E-state index in [1.807, 2.05) is 16.7 Å². The van der Waals surface area contributed by atoms with Crippen molar-refractivity contribution in [2.24, 2.45) is 11.8 Å². The van der Waals surface area contributed by atoms with Crippen molar-refractivity contribution in [3.8, 4) is 0 Å². The summed E-state index contributed by atoms with van der Waals surface area (Å²) < 4.78 is 0. The molecule has 5 heteroatoms. The second-order valence-electron chi connectivity index (χ2n) is 7.04. The van der Waals surface area contributed by atoms with Gasteiger partial charge in [0.1, 0.15) is 0 Å². The molecule has 21 heavy (non-hydrogen) atoms. The van der Waals surface area contributed by atoms with Crippen molar-refractivity contribution in [2.45, 2.75) is 50.8 Å². The predicted octanol–water partition coefficient (Wildman–Crippen LogP) is 2.34. The lowest BCUT2D eigenvalue weighted by molar-refractivity contribution is -0.138. The molecule has 118 valence electrons. The van der Waals surface area contributed by atoms with Gasteiger partial charge in [-0.05, 0) is 31.6 Å². The molecule has 3 aliphatic rings. The molecule has 3 rings (SSSR count). The van der Waals surface area contributed by atoms with E-state index in [9.17, 15) is 9.59 Å². The quantitative estimate of drug-likeness (QED) is 0.803. The average molecular weight is 310 g/mol. The van der Waals surface area contributed by atoms with Crippen molar-refractivity contribution >= 4 is 23.6 Å². The van der Waals surface area contributed by atoms with Crippen LogP contribution < -0.4 is 0 Å². The van der Waals surface area contributed by atoms with Gasteiger partial charge >= 0.3 is 0 Å². The van der Waals surface area contributed by atoms with Gasteiger partial charge in [-0.15, -0.1) is 11.8 Å². The van der Waals surface area contributed by atoms with Gasteiger partial charge in [-0.25, -0.2) is 0 Å². The molecule has 0 aromatic rings. The lowest BCUT2D eigenvalue weighted by Gasteiger charge is -2.44. The SMILES string of the molecule is CC(C)CC(=O)N1CCSC12CCN(C(=O)C1CC1)CC2. The molecule has 1 saturated carbocycles. The van der Waals surface area contributed by atoms with Crippen molar-refractivity contribution in [1.82, 2.24) is 9.80 Å². The molecule has 2 aliphatic heterocycles. The lowest BCUT2D eigenvalue weighted by Crippen LogP contribution is -2.54. The predicted molar refractivity (Wildman–Crippen MR) is 84.9 cm³/mol. The van der Waals surface area contributed by atoms with Crippen LogP contribution in [0.4, 0.5) is 0 Å². The molecule has 0 aromatic carbocycles. The van der Waals surface area contributed by atoms with E-state index >= 15 is 0 Å². The van der Waals surface area contributed by atoms with E-state index in [0.29, 0.717) is 30.1 Å². The van der Waals surface area contributed by atoms with Crippen LogP contribution in [0.25, 0.3) is 0 Å². The molecule has 0 bridgehead atoms. The number of carbonyl (C=O) groups is 2. The summed E-state index contributed by atoms with van der Waals surface area (Å²) in [6.45, 7) is 6.74. The first-order chi connectivity index (χ1) is 10.0. The molecule has 1 aliphatic carbocycles. The minimum Gasteiger partial charge on any atom is -0.342 e. The van der Waals surface area contributed by atoms with Gasteiger partial charge in [-0.2, -0.15) is 0 Å². The minimum absolute atomic E-state index is 0.0215. The molecule has 0 radical (unpaired) electrons. The van der Waals surface area contributed by atoms with E-state index in [0.717, 1.165) is 51.1 Å². The van der Waals surface area contributed by atoms with Crippen LogP contribution in [0.2, 0.25) is 0 Å². The Morgan fingerprint density at radius 3 is 2.43 bits per heavy atom. The number of nitrogens with zero attached hydrogens (tertiary/aromatic N) is 2. The smallest absolute Gasteiger partial charge is 0.225 e. The van der Waals surface area contributed by atoms with Crippen LogP contribution in [0.1, 0.15) is 46.0 Å². The van der Waals surface area contributed by atoms with E-state index in [4.69, 9.17) is 0 Å². The summed E-state index contributed by atoms with van der Waals surface area (Å²) in [5.41, 5.74) is 0. The normalized spacial score (nSPS) is 24.9. The van der Waals surface area contributed by atoms with Gasteiger partial charge in [0.2, 0.25) is 11.8 Å². The van der Waals surface area contributed by atoms with Gasteiger partial charge in [0.05, 0.1) is 4.87 Å². The van der Waals surface area contributed by atoms with Crippen molar-refractivity contribution in [1.29, 1.82) is 0 Å². The van der Waals surface area contributed by atoms with Crippen LogP contribution in [-0.4, -0.2) is 51.9 Å². The van der Waals surface area contributed by atoms with Crippen molar-refractivity contribution in [3.05, 3.63) is 0 Å². The number of hydrogen-bond acceptors (Lipinski definition) is 3. The van der Waals surface area contributed by atoms with E-state index in [2.05, 4.69) is 18.7 Å². The molecule has 0 unspecified atom stereocenters. The van der Waals surface area contributed by atoms with E-state index in [1.54, 1.807) is 0 Å². The standard InChI is InChI=1S/C16H26N2O2S/c1-12(2)11-14(19)18-9-10-21-16(18)5-7-17(8-6-16)15(20)13-3-4-13/h12-13H,3-11H2,1-2H3. The van der Waals surface area contributed by atoms with E-state index < -0.39 is 0 Å². The fourth-order valence-corrected chi connectivity index (χ4v) is 4.97. The molecule has 0 atom stereocenters. The summed E-state index contributed by atoms with van der Waals surface area (Å²) in [7, 11) is 0. The molecule has 0 N–H and O–H groups in total. The molecule has 3 fully saturated rings. The number of rotatable bonds is 3. The zero-order valence-electron chi connectivity index (χ0n) is 13.1. The minimum atomic E-state index is -0.0215. The number of amides is 2.